The zero-order chi connectivity index (χ0) is 37.5. The van der Waals surface area contributed by atoms with Gasteiger partial charge in [0.1, 0.15) is 0 Å². The maximum Gasteiger partial charge on any atom is 0.0659 e. The first kappa shape index (κ1) is 39.5. The van der Waals surface area contributed by atoms with Gasteiger partial charge in [0, 0.05) is 66.9 Å². The van der Waals surface area contributed by atoms with Gasteiger partial charge in [0.25, 0.3) is 0 Å². The van der Waals surface area contributed by atoms with Crippen molar-refractivity contribution >= 4 is 74.4 Å². The summed E-state index contributed by atoms with van der Waals surface area (Å²) in [4.78, 5) is 18.3. The number of benzene rings is 5. The van der Waals surface area contributed by atoms with Gasteiger partial charge in [-0.3, -0.25) is 0 Å². The average Bonchev–Trinajstić information content (AvgIpc) is 4.11. The van der Waals surface area contributed by atoms with Crippen molar-refractivity contribution in [1.29, 1.82) is 0 Å². The van der Waals surface area contributed by atoms with Crippen LogP contribution >= 0.6 is 0 Å². The van der Waals surface area contributed by atoms with E-state index in [1.807, 2.05) is 60.7 Å². The molecule has 58 heavy (non-hydrogen) atoms. The third-order valence-electron chi connectivity index (χ3n) is 9.79. The van der Waals surface area contributed by atoms with E-state index in [0.29, 0.717) is 0 Å². The summed E-state index contributed by atoms with van der Waals surface area (Å²) in [5.41, 5.74) is 17.1. The van der Waals surface area contributed by atoms with Crippen molar-refractivity contribution in [2.24, 2.45) is 0 Å². The van der Waals surface area contributed by atoms with Gasteiger partial charge in [0.05, 0.1) is 22.8 Å². The number of hydrogen-bond acceptors (Lipinski definition) is 3. The molecule has 0 saturated carbocycles. The standard InChI is InChI=1S/C20H14N4.C18H15N.C13H10.Co.Si/c1-2-14-10-16-5-6-18(23-16)12-20-8-7-19(24-20)11-17-4-3-15(22-17)9-13(1)21-14;1-4-10-16(11-5-1)19(17-12-6-2-7-13-17)18-14-8-3-9-15-18;1-3-7-12-10(5-1)9-11-6-2-4-8-13(11)12;;/h1-12,21-22H;1-15H;1-8H,9H2;;. The Kier molecular flexibility index (Phi) is 12.5. The number of nitrogens with one attached hydrogen (secondary N) is 2. The van der Waals surface area contributed by atoms with Crippen LogP contribution in [-0.4, -0.2) is 30.9 Å². The monoisotopic (exact) mass is 808 g/mol. The Morgan fingerprint density at radius 3 is 1.09 bits per heavy atom. The molecule has 5 aromatic carbocycles. The molecule has 0 spiro atoms. The van der Waals surface area contributed by atoms with Gasteiger partial charge < -0.3 is 14.9 Å². The minimum atomic E-state index is 0. The van der Waals surface area contributed by atoms with Gasteiger partial charge >= 0.3 is 0 Å². The summed E-state index contributed by atoms with van der Waals surface area (Å²) in [6.45, 7) is 0. The smallest absolute Gasteiger partial charge is 0.0659 e. The summed E-state index contributed by atoms with van der Waals surface area (Å²) in [7, 11) is 0. The Hall–Kier alpha value is -6.78. The molecular weight excluding hydrogens is 770 g/mol. The zero-order valence-corrected chi connectivity index (χ0v) is 33.6. The molecule has 0 fully saturated rings. The molecule has 7 heteroatoms. The predicted molar refractivity (Wildman–Crippen MR) is 240 cm³/mol. The van der Waals surface area contributed by atoms with Crippen LogP contribution in [0.1, 0.15) is 33.9 Å². The van der Waals surface area contributed by atoms with Crippen molar-refractivity contribution in [3.63, 3.8) is 0 Å². The second-order valence-corrected chi connectivity index (χ2v) is 13.7. The fourth-order valence-electron chi connectivity index (χ4n) is 7.20. The second-order valence-electron chi connectivity index (χ2n) is 13.7. The number of nitrogens with zero attached hydrogens (tertiary/aromatic N) is 3. The summed E-state index contributed by atoms with van der Waals surface area (Å²) in [5.74, 6) is 0. The molecular formula is C51H39CoN5Si. The molecule has 11 rings (SSSR count). The SMILES string of the molecule is C1=Cc2cc3ccc(cc4ccc(cc5nc(cc1n2)C=C5)[nH]4)[nH]3.[Co].[Si].c1ccc(N(c2ccccc2)c2ccccc2)cc1.c1ccc2c(c1)Cc1ccccc1-2. The summed E-state index contributed by atoms with van der Waals surface area (Å²) >= 11 is 0. The minimum Gasteiger partial charge on any atom is -0.355 e. The Bertz CT molecular complexity index is 2620. The van der Waals surface area contributed by atoms with Crippen molar-refractivity contribution in [1.82, 2.24) is 19.9 Å². The number of aromatic nitrogens is 4. The van der Waals surface area contributed by atoms with E-state index in [0.717, 1.165) is 51.3 Å². The van der Waals surface area contributed by atoms with Crippen LogP contribution in [0.15, 0.2) is 188 Å². The van der Waals surface area contributed by atoms with Gasteiger partial charge in [0.2, 0.25) is 0 Å². The van der Waals surface area contributed by atoms with Crippen molar-refractivity contribution < 1.29 is 16.8 Å². The molecule has 5 radical (unpaired) electrons. The normalized spacial score (nSPS) is 11.3. The first-order chi connectivity index (χ1) is 27.7. The van der Waals surface area contributed by atoms with Crippen LogP contribution in [0.25, 0.3) is 57.5 Å². The van der Waals surface area contributed by atoms with Crippen molar-refractivity contribution in [2.75, 3.05) is 4.90 Å². The maximum absolute atomic E-state index is 4.62. The van der Waals surface area contributed by atoms with Gasteiger partial charge in [-0.2, -0.15) is 0 Å². The van der Waals surface area contributed by atoms with Crippen LogP contribution in [0.2, 0.25) is 0 Å². The van der Waals surface area contributed by atoms with E-state index in [9.17, 15) is 0 Å². The summed E-state index contributed by atoms with van der Waals surface area (Å²) < 4.78 is 0. The summed E-state index contributed by atoms with van der Waals surface area (Å²) in [6.07, 6.45) is 9.15. The van der Waals surface area contributed by atoms with Crippen LogP contribution in [0.5, 0.6) is 0 Å². The Morgan fingerprint density at radius 1 is 0.362 bits per heavy atom. The van der Waals surface area contributed by atoms with E-state index < -0.39 is 0 Å². The number of para-hydroxylation sites is 3. The molecule has 5 heterocycles. The quantitative estimate of drug-likeness (QED) is 0.175. The molecule has 8 bridgehead atoms. The van der Waals surface area contributed by atoms with Crippen molar-refractivity contribution in [3.05, 3.63) is 222 Å². The zero-order valence-electron chi connectivity index (χ0n) is 31.6. The van der Waals surface area contributed by atoms with Gasteiger partial charge in [-0.1, -0.05) is 103 Å². The van der Waals surface area contributed by atoms with Crippen LogP contribution < -0.4 is 4.90 Å². The molecule has 2 N–H and O–H groups in total. The van der Waals surface area contributed by atoms with Gasteiger partial charge in [-0.15, -0.1) is 0 Å². The third-order valence-corrected chi connectivity index (χ3v) is 9.79. The number of rotatable bonds is 3. The van der Waals surface area contributed by atoms with Gasteiger partial charge in [0.15, 0.2) is 0 Å². The molecule has 5 nitrogen and oxygen atoms in total. The first-order valence-corrected chi connectivity index (χ1v) is 18.9. The molecule has 8 aromatic rings. The second kappa shape index (κ2) is 18.4. The molecule has 2 aliphatic heterocycles. The fraction of sp³-hybridized carbons (Fsp3) is 0.0196. The Morgan fingerprint density at radius 2 is 0.690 bits per heavy atom. The molecule has 0 saturated heterocycles. The first-order valence-electron chi connectivity index (χ1n) is 18.9. The number of anilines is 3. The Balaban J connectivity index is 0.000000136. The molecule has 281 valence electrons. The van der Waals surface area contributed by atoms with E-state index in [4.69, 9.17) is 0 Å². The predicted octanol–water partition coefficient (Wildman–Crippen LogP) is 12.7. The fourth-order valence-corrected chi connectivity index (χ4v) is 7.20. The third kappa shape index (κ3) is 9.25. The molecule has 3 aliphatic rings. The van der Waals surface area contributed by atoms with Crippen LogP contribution in [0.4, 0.5) is 17.1 Å². The van der Waals surface area contributed by atoms with E-state index in [-0.39, 0.29) is 27.7 Å². The number of aromatic amines is 2. The average molecular weight is 809 g/mol. The molecule has 0 amide bonds. The van der Waals surface area contributed by atoms with Crippen LogP contribution in [0.3, 0.4) is 0 Å². The number of fused-ring (bicyclic) bond motifs is 11. The van der Waals surface area contributed by atoms with Crippen molar-refractivity contribution in [3.8, 4) is 11.1 Å². The molecule has 3 aromatic heterocycles. The van der Waals surface area contributed by atoms with Crippen LogP contribution in [0, 0.1) is 0 Å². The van der Waals surface area contributed by atoms with E-state index in [1.165, 1.54) is 39.3 Å². The Labute approximate surface area is 353 Å². The summed E-state index contributed by atoms with van der Waals surface area (Å²) in [6, 6.07) is 65.0. The largest absolute Gasteiger partial charge is 0.355 e. The van der Waals surface area contributed by atoms with Gasteiger partial charge in [-0.25, -0.2) is 9.97 Å². The minimum absolute atomic E-state index is 0. The van der Waals surface area contributed by atoms with E-state index >= 15 is 0 Å². The van der Waals surface area contributed by atoms with E-state index in [1.54, 1.807) is 0 Å². The number of H-pyrrole nitrogens is 2. The van der Waals surface area contributed by atoms with Crippen molar-refractivity contribution in [2.45, 2.75) is 6.42 Å². The maximum atomic E-state index is 4.62. The van der Waals surface area contributed by atoms with Gasteiger partial charge in [-0.05, 0) is 138 Å². The molecule has 1 aliphatic carbocycles. The number of hydrogen-bond donors (Lipinski definition) is 2. The molecule has 0 atom stereocenters. The topological polar surface area (TPSA) is 60.6 Å². The molecule has 0 unspecified atom stereocenters. The van der Waals surface area contributed by atoms with Crippen LogP contribution in [-0.2, 0) is 23.2 Å². The summed E-state index contributed by atoms with van der Waals surface area (Å²) in [5, 5.41) is 0. The van der Waals surface area contributed by atoms with E-state index in [2.05, 4.69) is 176 Å².